The Labute approximate surface area is 121 Å². The van der Waals surface area contributed by atoms with E-state index in [1.165, 1.54) is 70.6 Å². The van der Waals surface area contributed by atoms with Crippen molar-refractivity contribution in [3.63, 3.8) is 0 Å². The van der Waals surface area contributed by atoms with Crippen molar-refractivity contribution in [1.82, 2.24) is 0 Å². The lowest BCUT2D eigenvalue weighted by atomic mass is 10.1. The van der Waals surface area contributed by atoms with Gasteiger partial charge in [-0.25, -0.2) is 0 Å². The Morgan fingerprint density at radius 3 is 1.58 bits per heavy atom. The van der Waals surface area contributed by atoms with Crippen molar-refractivity contribution in [3.8, 4) is 11.8 Å². The highest BCUT2D eigenvalue weighted by atomic mass is 16.5. The number of methoxy groups -OCH3 is 1. The van der Waals surface area contributed by atoms with E-state index in [1.54, 1.807) is 7.11 Å². The van der Waals surface area contributed by atoms with Crippen LogP contribution in [-0.2, 0) is 4.74 Å². The average molecular weight is 266 g/mol. The zero-order chi connectivity index (χ0) is 14.0. The molecule has 0 aliphatic heterocycles. The smallest absolute Gasteiger partial charge is 0.0462 e. The third kappa shape index (κ3) is 17.5. The van der Waals surface area contributed by atoms with Gasteiger partial charge in [0.2, 0.25) is 0 Å². The SMILES string of the molecule is CCC#CCCCCCCCCCCCCCOC. The van der Waals surface area contributed by atoms with Gasteiger partial charge < -0.3 is 4.74 Å². The molecule has 0 aliphatic carbocycles. The average Bonchev–Trinajstić information content (AvgIpc) is 2.43. The summed E-state index contributed by atoms with van der Waals surface area (Å²) in [5, 5.41) is 0. The molecular formula is C18H34O. The third-order valence-corrected chi connectivity index (χ3v) is 3.45. The molecule has 0 fully saturated rings. The molecule has 0 N–H and O–H groups in total. The molecule has 0 bridgehead atoms. The van der Waals surface area contributed by atoms with E-state index >= 15 is 0 Å². The zero-order valence-corrected chi connectivity index (χ0v) is 13.3. The lowest BCUT2D eigenvalue weighted by Crippen LogP contribution is -1.88. The summed E-state index contributed by atoms with van der Waals surface area (Å²) < 4.78 is 5.05. The molecule has 0 aromatic carbocycles. The molecule has 0 amide bonds. The fourth-order valence-corrected chi connectivity index (χ4v) is 2.26. The first-order chi connectivity index (χ1) is 9.41. The lowest BCUT2D eigenvalue weighted by molar-refractivity contribution is 0.192. The first-order valence-electron chi connectivity index (χ1n) is 8.36. The maximum atomic E-state index is 5.05. The van der Waals surface area contributed by atoms with Gasteiger partial charge in [0.25, 0.3) is 0 Å². The minimum Gasteiger partial charge on any atom is -0.385 e. The van der Waals surface area contributed by atoms with Crippen molar-refractivity contribution in [1.29, 1.82) is 0 Å². The van der Waals surface area contributed by atoms with E-state index in [9.17, 15) is 0 Å². The zero-order valence-electron chi connectivity index (χ0n) is 13.3. The van der Waals surface area contributed by atoms with Crippen LogP contribution in [0.15, 0.2) is 0 Å². The monoisotopic (exact) mass is 266 g/mol. The van der Waals surface area contributed by atoms with Gasteiger partial charge in [0, 0.05) is 26.6 Å². The molecule has 0 spiro atoms. The summed E-state index contributed by atoms with van der Waals surface area (Å²) in [6, 6.07) is 0. The van der Waals surface area contributed by atoms with Crippen molar-refractivity contribution < 1.29 is 4.74 Å². The summed E-state index contributed by atoms with van der Waals surface area (Å²) >= 11 is 0. The highest BCUT2D eigenvalue weighted by molar-refractivity contribution is 4.97. The standard InChI is InChI=1S/C18H34O/c1-3-4-5-6-7-8-9-10-11-12-13-14-15-16-17-18-19-2/h3,6-18H2,1-2H3. The first kappa shape index (κ1) is 18.5. The summed E-state index contributed by atoms with van der Waals surface area (Å²) in [5.74, 6) is 6.35. The Bertz CT molecular complexity index is 211. The number of hydrogen-bond donors (Lipinski definition) is 0. The first-order valence-corrected chi connectivity index (χ1v) is 8.36. The Morgan fingerprint density at radius 1 is 0.632 bits per heavy atom. The Hall–Kier alpha value is -0.480. The van der Waals surface area contributed by atoms with E-state index in [0.29, 0.717) is 0 Å². The van der Waals surface area contributed by atoms with Crippen LogP contribution in [0.5, 0.6) is 0 Å². The van der Waals surface area contributed by atoms with Crippen molar-refractivity contribution >= 4 is 0 Å². The van der Waals surface area contributed by atoms with E-state index in [0.717, 1.165) is 19.4 Å². The number of hydrogen-bond acceptors (Lipinski definition) is 1. The molecule has 0 heterocycles. The third-order valence-electron chi connectivity index (χ3n) is 3.45. The number of rotatable bonds is 13. The fourth-order valence-electron chi connectivity index (χ4n) is 2.26. The van der Waals surface area contributed by atoms with Crippen molar-refractivity contribution in [2.45, 2.75) is 90.4 Å². The van der Waals surface area contributed by atoms with Crippen LogP contribution in [0.4, 0.5) is 0 Å². The van der Waals surface area contributed by atoms with Crippen molar-refractivity contribution in [3.05, 3.63) is 0 Å². The summed E-state index contributed by atoms with van der Waals surface area (Å²) in [5.41, 5.74) is 0. The van der Waals surface area contributed by atoms with Crippen LogP contribution in [0.3, 0.4) is 0 Å². The largest absolute Gasteiger partial charge is 0.385 e. The van der Waals surface area contributed by atoms with Gasteiger partial charge in [-0.2, -0.15) is 0 Å². The Kier molecular flexibility index (Phi) is 17.1. The summed E-state index contributed by atoms with van der Waals surface area (Å²) in [4.78, 5) is 0. The van der Waals surface area contributed by atoms with Crippen LogP contribution in [0.1, 0.15) is 90.4 Å². The normalized spacial score (nSPS) is 10.2. The fraction of sp³-hybridized carbons (Fsp3) is 0.889. The quantitative estimate of drug-likeness (QED) is 0.306. The predicted octanol–water partition coefficient (Wildman–Crippen LogP) is 5.73. The van der Waals surface area contributed by atoms with E-state index in [4.69, 9.17) is 4.74 Å². The highest BCUT2D eigenvalue weighted by Crippen LogP contribution is 2.11. The lowest BCUT2D eigenvalue weighted by Gasteiger charge is -2.02. The number of unbranched alkanes of at least 4 members (excludes halogenated alkanes) is 11. The molecule has 0 saturated carbocycles. The molecule has 0 aliphatic rings. The van der Waals surface area contributed by atoms with Gasteiger partial charge in [-0.1, -0.05) is 64.7 Å². The van der Waals surface area contributed by atoms with Crippen LogP contribution < -0.4 is 0 Å². The number of ether oxygens (including phenoxy) is 1. The van der Waals surface area contributed by atoms with Crippen molar-refractivity contribution in [2.24, 2.45) is 0 Å². The maximum Gasteiger partial charge on any atom is 0.0462 e. The van der Waals surface area contributed by atoms with Gasteiger partial charge in [0.1, 0.15) is 0 Å². The molecule has 1 nitrogen and oxygen atoms in total. The second-order valence-electron chi connectivity index (χ2n) is 5.34. The summed E-state index contributed by atoms with van der Waals surface area (Å²) in [7, 11) is 1.79. The predicted molar refractivity (Wildman–Crippen MR) is 85.3 cm³/mol. The van der Waals surface area contributed by atoms with Crippen molar-refractivity contribution in [2.75, 3.05) is 13.7 Å². The second kappa shape index (κ2) is 17.5. The summed E-state index contributed by atoms with van der Waals surface area (Å²) in [6.07, 6.45) is 17.3. The second-order valence-corrected chi connectivity index (χ2v) is 5.34. The highest BCUT2D eigenvalue weighted by Gasteiger charge is 1.93. The van der Waals surface area contributed by atoms with E-state index in [1.807, 2.05) is 0 Å². The van der Waals surface area contributed by atoms with Gasteiger partial charge >= 0.3 is 0 Å². The van der Waals surface area contributed by atoms with E-state index in [-0.39, 0.29) is 0 Å². The molecule has 0 radical (unpaired) electrons. The van der Waals surface area contributed by atoms with E-state index in [2.05, 4.69) is 18.8 Å². The Balaban J connectivity index is 2.95. The van der Waals surface area contributed by atoms with Crippen LogP contribution in [0.25, 0.3) is 0 Å². The maximum absolute atomic E-state index is 5.05. The van der Waals surface area contributed by atoms with Crippen LogP contribution in [0.2, 0.25) is 0 Å². The molecular weight excluding hydrogens is 232 g/mol. The minimum atomic E-state index is 0.933. The molecule has 112 valence electrons. The van der Waals surface area contributed by atoms with E-state index < -0.39 is 0 Å². The van der Waals surface area contributed by atoms with Gasteiger partial charge in [-0.15, -0.1) is 11.8 Å². The molecule has 0 saturated heterocycles. The molecule has 0 aromatic heterocycles. The van der Waals surface area contributed by atoms with Gasteiger partial charge in [-0.05, 0) is 12.8 Å². The molecule has 0 rings (SSSR count). The molecule has 0 unspecified atom stereocenters. The molecule has 0 atom stereocenters. The van der Waals surface area contributed by atoms with Gasteiger partial charge in [0.05, 0.1) is 0 Å². The van der Waals surface area contributed by atoms with Gasteiger partial charge in [0.15, 0.2) is 0 Å². The van der Waals surface area contributed by atoms with Crippen LogP contribution in [0, 0.1) is 11.8 Å². The van der Waals surface area contributed by atoms with Crippen LogP contribution in [-0.4, -0.2) is 13.7 Å². The van der Waals surface area contributed by atoms with Crippen LogP contribution >= 0.6 is 0 Å². The minimum absolute atomic E-state index is 0.933. The molecule has 19 heavy (non-hydrogen) atoms. The molecule has 1 heteroatoms. The molecule has 0 aromatic rings. The van der Waals surface area contributed by atoms with Gasteiger partial charge in [-0.3, -0.25) is 0 Å². The Morgan fingerprint density at radius 2 is 1.11 bits per heavy atom. The summed E-state index contributed by atoms with van der Waals surface area (Å²) in [6.45, 7) is 3.05. The topological polar surface area (TPSA) is 9.23 Å².